The van der Waals surface area contributed by atoms with E-state index < -0.39 is 0 Å². The van der Waals surface area contributed by atoms with Gasteiger partial charge in [0.15, 0.2) is 0 Å². The Balaban J connectivity index is 1.41. The molecule has 3 aromatic rings. The largest absolute Gasteiger partial charge is 0.354 e. The predicted molar refractivity (Wildman–Crippen MR) is 107 cm³/mol. The van der Waals surface area contributed by atoms with Gasteiger partial charge in [-0.05, 0) is 49.2 Å². The number of piperidine rings is 1. The maximum absolute atomic E-state index is 12.5. The number of imidazole rings is 1. The Kier molecular flexibility index (Phi) is 5.49. The van der Waals surface area contributed by atoms with Crippen molar-refractivity contribution in [2.24, 2.45) is 0 Å². The number of amides is 1. The molecule has 0 radical (unpaired) electrons. The Bertz CT molecular complexity index is 883. The smallest absolute Gasteiger partial charge is 0.224 e. The van der Waals surface area contributed by atoms with Crippen LogP contribution in [0.25, 0.3) is 11.0 Å². The topological polar surface area (TPSA) is 61.0 Å². The van der Waals surface area contributed by atoms with Gasteiger partial charge in [0.2, 0.25) is 5.91 Å². The second kappa shape index (κ2) is 8.35. The maximum atomic E-state index is 12.5. The van der Waals surface area contributed by atoms with Crippen LogP contribution >= 0.6 is 0 Å². The molecular formula is C22H26N4O. The molecule has 4 rings (SSSR count). The predicted octanol–water partition coefficient (Wildman–Crippen LogP) is 3.45. The lowest BCUT2D eigenvalue weighted by Crippen LogP contribution is -2.41. The number of carbonyl (C=O) groups is 1. The molecule has 0 bridgehead atoms. The molecule has 2 aromatic carbocycles. The number of nitrogens with zero attached hydrogens (tertiary/aromatic N) is 2. The van der Waals surface area contributed by atoms with Gasteiger partial charge in [0.25, 0.3) is 0 Å². The number of benzene rings is 2. The molecule has 0 aliphatic carbocycles. The number of likely N-dealkylation sites (tertiary alicyclic amines) is 1. The minimum atomic E-state index is 0.0619. The number of aromatic amines is 1. The molecule has 27 heavy (non-hydrogen) atoms. The summed E-state index contributed by atoms with van der Waals surface area (Å²) in [5, 5.41) is 3.16. The molecule has 0 spiro atoms. The third-order valence-electron chi connectivity index (χ3n) is 5.36. The first-order valence-electron chi connectivity index (χ1n) is 9.77. The van der Waals surface area contributed by atoms with Gasteiger partial charge < -0.3 is 10.3 Å². The van der Waals surface area contributed by atoms with Gasteiger partial charge in [-0.1, -0.05) is 42.8 Å². The molecule has 2 N–H and O–H groups in total. The normalized spacial score (nSPS) is 16.3. The number of H-pyrrole nitrogens is 1. The average Bonchev–Trinajstić information content (AvgIpc) is 3.18. The standard InChI is InChI=1S/C22H26N4O/c27-22(14-17-9-10-19-20(13-17)25-16-24-19)23-15-21(18-7-3-1-4-8-18)26-11-5-2-6-12-26/h1,3-4,7-10,13,16,21H,2,5-6,11-12,14-15H2,(H,23,27)(H,24,25). The van der Waals surface area contributed by atoms with Gasteiger partial charge in [-0.15, -0.1) is 0 Å². The molecule has 1 aromatic heterocycles. The van der Waals surface area contributed by atoms with Gasteiger partial charge in [0.05, 0.1) is 29.8 Å². The third-order valence-corrected chi connectivity index (χ3v) is 5.36. The molecule has 2 heterocycles. The zero-order valence-corrected chi connectivity index (χ0v) is 15.5. The summed E-state index contributed by atoms with van der Waals surface area (Å²) in [5.41, 5.74) is 4.17. The molecule has 1 aliphatic heterocycles. The zero-order valence-electron chi connectivity index (χ0n) is 15.5. The van der Waals surface area contributed by atoms with Gasteiger partial charge in [-0.3, -0.25) is 9.69 Å². The molecule has 1 unspecified atom stereocenters. The summed E-state index contributed by atoms with van der Waals surface area (Å²) in [6.07, 6.45) is 5.84. The second-order valence-electron chi connectivity index (χ2n) is 7.26. The molecule has 1 atom stereocenters. The monoisotopic (exact) mass is 362 g/mol. The van der Waals surface area contributed by atoms with Gasteiger partial charge in [-0.25, -0.2) is 4.98 Å². The lowest BCUT2D eigenvalue weighted by molar-refractivity contribution is -0.120. The Hall–Kier alpha value is -2.66. The van der Waals surface area contributed by atoms with E-state index in [0.717, 1.165) is 29.7 Å². The van der Waals surface area contributed by atoms with E-state index in [0.29, 0.717) is 13.0 Å². The number of nitrogens with one attached hydrogen (secondary N) is 2. The van der Waals surface area contributed by atoms with Crippen LogP contribution in [-0.2, 0) is 11.2 Å². The number of aromatic nitrogens is 2. The SMILES string of the molecule is O=C(Cc1ccc2nc[nH]c2c1)NCC(c1ccccc1)N1CCCCC1. The molecule has 5 heteroatoms. The molecule has 0 saturated carbocycles. The molecule has 1 aliphatic rings. The van der Waals surface area contributed by atoms with Crippen LogP contribution in [0, 0.1) is 0 Å². The Morgan fingerprint density at radius 2 is 1.93 bits per heavy atom. The maximum Gasteiger partial charge on any atom is 0.224 e. The lowest BCUT2D eigenvalue weighted by atomic mass is 10.0. The van der Waals surface area contributed by atoms with E-state index in [-0.39, 0.29) is 11.9 Å². The minimum Gasteiger partial charge on any atom is -0.354 e. The van der Waals surface area contributed by atoms with Crippen LogP contribution < -0.4 is 5.32 Å². The summed E-state index contributed by atoms with van der Waals surface area (Å²) < 4.78 is 0. The molecular weight excluding hydrogens is 336 g/mol. The van der Waals surface area contributed by atoms with Crippen LogP contribution in [0.3, 0.4) is 0 Å². The fourth-order valence-corrected chi connectivity index (χ4v) is 3.91. The van der Waals surface area contributed by atoms with E-state index in [1.165, 1.54) is 24.8 Å². The minimum absolute atomic E-state index is 0.0619. The van der Waals surface area contributed by atoms with Gasteiger partial charge in [0, 0.05) is 6.54 Å². The molecule has 5 nitrogen and oxygen atoms in total. The van der Waals surface area contributed by atoms with Crippen molar-refractivity contribution in [1.29, 1.82) is 0 Å². The highest BCUT2D eigenvalue weighted by atomic mass is 16.1. The Labute approximate surface area is 159 Å². The van der Waals surface area contributed by atoms with Crippen molar-refractivity contribution in [2.75, 3.05) is 19.6 Å². The number of hydrogen-bond donors (Lipinski definition) is 2. The summed E-state index contributed by atoms with van der Waals surface area (Å²) in [5.74, 6) is 0.0619. The van der Waals surface area contributed by atoms with E-state index in [2.05, 4.69) is 44.5 Å². The third kappa shape index (κ3) is 4.37. The van der Waals surface area contributed by atoms with Gasteiger partial charge in [0.1, 0.15) is 0 Å². The lowest BCUT2D eigenvalue weighted by Gasteiger charge is -2.35. The van der Waals surface area contributed by atoms with Gasteiger partial charge >= 0.3 is 0 Å². The van der Waals surface area contributed by atoms with Crippen molar-refractivity contribution in [3.63, 3.8) is 0 Å². The summed E-state index contributed by atoms with van der Waals surface area (Å²) in [4.78, 5) is 22.4. The van der Waals surface area contributed by atoms with E-state index in [1.807, 2.05) is 24.3 Å². The first kappa shape index (κ1) is 17.7. The van der Waals surface area contributed by atoms with Crippen molar-refractivity contribution in [3.8, 4) is 0 Å². The highest BCUT2D eigenvalue weighted by molar-refractivity contribution is 5.81. The zero-order chi connectivity index (χ0) is 18.5. The van der Waals surface area contributed by atoms with Crippen molar-refractivity contribution in [1.82, 2.24) is 20.2 Å². The second-order valence-corrected chi connectivity index (χ2v) is 7.26. The number of carbonyl (C=O) groups excluding carboxylic acids is 1. The summed E-state index contributed by atoms with van der Waals surface area (Å²) in [6.45, 7) is 2.85. The first-order valence-corrected chi connectivity index (χ1v) is 9.77. The van der Waals surface area contributed by atoms with Crippen LogP contribution in [0.5, 0.6) is 0 Å². The highest BCUT2D eigenvalue weighted by Crippen LogP contribution is 2.24. The number of hydrogen-bond acceptors (Lipinski definition) is 3. The van der Waals surface area contributed by atoms with Crippen LogP contribution in [-0.4, -0.2) is 40.4 Å². The number of rotatable bonds is 6. The van der Waals surface area contributed by atoms with Crippen molar-refractivity contribution in [3.05, 3.63) is 66.0 Å². The molecule has 1 amide bonds. The fourth-order valence-electron chi connectivity index (χ4n) is 3.91. The summed E-state index contributed by atoms with van der Waals surface area (Å²) in [6, 6.07) is 16.7. The summed E-state index contributed by atoms with van der Waals surface area (Å²) >= 11 is 0. The molecule has 1 saturated heterocycles. The van der Waals surface area contributed by atoms with E-state index in [1.54, 1.807) is 6.33 Å². The van der Waals surface area contributed by atoms with Crippen LogP contribution in [0.2, 0.25) is 0 Å². The Morgan fingerprint density at radius 1 is 1.11 bits per heavy atom. The van der Waals surface area contributed by atoms with Crippen LogP contribution in [0.4, 0.5) is 0 Å². The Morgan fingerprint density at radius 3 is 2.74 bits per heavy atom. The highest BCUT2D eigenvalue weighted by Gasteiger charge is 2.22. The number of fused-ring (bicyclic) bond motifs is 1. The van der Waals surface area contributed by atoms with E-state index in [9.17, 15) is 4.79 Å². The molecule has 1 fully saturated rings. The first-order chi connectivity index (χ1) is 13.3. The van der Waals surface area contributed by atoms with Crippen LogP contribution in [0.1, 0.15) is 36.4 Å². The van der Waals surface area contributed by atoms with Crippen LogP contribution in [0.15, 0.2) is 54.9 Å². The fraction of sp³-hybridized carbons (Fsp3) is 0.364. The van der Waals surface area contributed by atoms with Crippen molar-refractivity contribution < 1.29 is 4.79 Å². The van der Waals surface area contributed by atoms with E-state index >= 15 is 0 Å². The van der Waals surface area contributed by atoms with Crippen molar-refractivity contribution >= 4 is 16.9 Å². The van der Waals surface area contributed by atoms with Crippen molar-refractivity contribution in [2.45, 2.75) is 31.7 Å². The average molecular weight is 362 g/mol. The van der Waals surface area contributed by atoms with E-state index in [4.69, 9.17) is 0 Å². The molecule has 140 valence electrons. The summed E-state index contributed by atoms with van der Waals surface area (Å²) in [7, 11) is 0. The van der Waals surface area contributed by atoms with Gasteiger partial charge in [-0.2, -0.15) is 0 Å². The quantitative estimate of drug-likeness (QED) is 0.706.